The summed E-state index contributed by atoms with van der Waals surface area (Å²) in [6, 6.07) is 13.0. The minimum absolute atomic E-state index is 0.285. The van der Waals surface area contributed by atoms with Crippen LogP contribution in [0.2, 0.25) is 0 Å². The number of ether oxygens (including phenoxy) is 1. The van der Waals surface area contributed by atoms with E-state index in [0.29, 0.717) is 27.8 Å². The first-order valence-electron chi connectivity index (χ1n) is 6.69. The summed E-state index contributed by atoms with van der Waals surface area (Å²) >= 11 is 3.43. The van der Waals surface area contributed by atoms with E-state index in [1.165, 1.54) is 0 Å². The molecule has 0 N–H and O–H groups in total. The number of carbonyl (C=O) groups excluding carboxylic acids is 1. The lowest BCUT2D eigenvalue weighted by Crippen LogP contribution is -2.02. The van der Waals surface area contributed by atoms with E-state index in [-0.39, 0.29) is 6.61 Å². The standard InChI is InChI=1S/C18H14BrNO2/c1-2-5-14-8-13(11-21)9-17(19)18(14)22-12-16-7-4-3-6-15(16)10-20/h2-4,6-9,11H,1,5,12H2. The molecule has 110 valence electrons. The third kappa shape index (κ3) is 3.63. The fraction of sp³-hybridized carbons (Fsp3) is 0.111. The van der Waals surface area contributed by atoms with E-state index in [1.54, 1.807) is 24.3 Å². The van der Waals surface area contributed by atoms with Gasteiger partial charge < -0.3 is 4.74 Å². The Morgan fingerprint density at radius 3 is 2.73 bits per heavy atom. The summed E-state index contributed by atoms with van der Waals surface area (Å²) in [5.41, 5.74) is 2.86. The molecular weight excluding hydrogens is 342 g/mol. The Balaban J connectivity index is 2.31. The highest BCUT2D eigenvalue weighted by atomic mass is 79.9. The topological polar surface area (TPSA) is 50.1 Å². The monoisotopic (exact) mass is 355 g/mol. The van der Waals surface area contributed by atoms with E-state index in [2.05, 4.69) is 28.6 Å². The summed E-state index contributed by atoms with van der Waals surface area (Å²) in [5, 5.41) is 9.11. The number of halogens is 1. The lowest BCUT2D eigenvalue weighted by atomic mass is 10.1. The molecule has 3 nitrogen and oxygen atoms in total. The van der Waals surface area contributed by atoms with Crippen molar-refractivity contribution >= 4 is 22.2 Å². The maximum absolute atomic E-state index is 11.0. The second kappa shape index (κ2) is 7.58. The number of carbonyl (C=O) groups is 1. The molecule has 2 aromatic rings. The van der Waals surface area contributed by atoms with Crippen LogP contribution in [0.4, 0.5) is 0 Å². The Morgan fingerprint density at radius 2 is 2.05 bits per heavy atom. The normalized spacial score (nSPS) is 9.82. The average molecular weight is 356 g/mol. The predicted octanol–water partition coefficient (Wildman–Crippen LogP) is 4.44. The van der Waals surface area contributed by atoms with Gasteiger partial charge in [0.2, 0.25) is 0 Å². The van der Waals surface area contributed by atoms with Crippen LogP contribution in [0.25, 0.3) is 0 Å². The number of rotatable bonds is 6. The fourth-order valence-electron chi connectivity index (χ4n) is 2.12. The molecule has 22 heavy (non-hydrogen) atoms. The van der Waals surface area contributed by atoms with Crippen molar-refractivity contribution in [3.8, 4) is 11.8 Å². The second-order valence-corrected chi connectivity index (χ2v) is 5.51. The molecule has 0 saturated carbocycles. The number of aldehydes is 1. The Labute approximate surface area is 138 Å². The van der Waals surface area contributed by atoms with Crippen LogP contribution in [0.3, 0.4) is 0 Å². The first kappa shape index (κ1) is 16.0. The van der Waals surface area contributed by atoms with Crippen LogP contribution in [0, 0.1) is 11.3 Å². The van der Waals surface area contributed by atoms with Crippen molar-refractivity contribution < 1.29 is 9.53 Å². The van der Waals surface area contributed by atoms with Crippen LogP contribution < -0.4 is 4.74 Å². The highest BCUT2D eigenvalue weighted by molar-refractivity contribution is 9.10. The summed E-state index contributed by atoms with van der Waals surface area (Å²) < 4.78 is 6.60. The van der Waals surface area contributed by atoms with Crippen molar-refractivity contribution in [2.24, 2.45) is 0 Å². The molecular formula is C18H14BrNO2. The predicted molar refractivity (Wildman–Crippen MR) is 88.9 cm³/mol. The zero-order valence-corrected chi connectivity index (χ0v) is 13.5. The Kier molecular flexibility index (Phi) is 5.51. The molecule has 2 rings (SSSR count). The molecule has 0 amide bonds. The SMILES string of the molecule is C=CCc1cc(C=O)cc(Br)c1OCc1ccccc1C#N. The first-order chi connectivity index (χ1) is 10.7. The molecule has 0 atom stereocenters. The Bertz CT molecular complexity index is 747. The van der Waals surface area contributed by atoms with Crippen LogP contribution in [-0.4, -0.2) is 6.29 Å². The van der Waals surface area contributed by atoms with Gasteiger partial charge in [-0.15, -0.1) is 6.58 Å². The van der Waals surface area contributed by atoms with Gasteiger partial charge in [-0.2, -0.15) is 5.26 Å². The van der Waals surface area contributed by atoms with Gasteiger partial charge in [-0.25, -0.2) is 0 Å². The number of nitrogens with zero attached hydrogens (tertiary/aromatic N) is 1. The largest absolute Gasteiger partial charge is 0.487 e. The van der Waals surface area contributed by atoms with Crippen molar-refractivity contribution in [3.63, 3.8) is 0 Å². The number of benzene rings is 2. The second-order valence-electron chi connectivity index (χ2n) is 4.66. The number of nitriles is 1. The number of hydrogen-bond acceptors (Lipinski definition) is 3. The molecule has 0 unspecified atom stereocenters. The van der Waals surface area contributed by atoms with Gasteiger partial charge >= 0.3 is 0 Å². The zero-order chi connectivity index (χ0) is 15.9. The van der Waals surface area contributed by atoms with E-state index < -0.39 is 0 Å². The molecule has 0 aliphatic heterocycles. The van der Waals surface area contributed by atoms with Gasteiger partial charge in [-0.3, -0.25) is 4.79 Å². The highest BCUT2D eigenvalue weighted by Gasteiger charge is 2.11. The van der Waals surface area contributed by atoms with Crippen molar-refractivity contribution in [1.29, 1.82) is 5.26 Å². The van der Waals surface area contributed by atoms with Gasteiger partial charge in [0.15, 0.2) is 0 Å². The van der Waals surface area contributed by atoms with Gasteiger partial charge in [0.25, 0.3) is 0 Å². The lowest BCUT2D eigenvalue weighted by Gasteiger charge is -2.14. The van der Waals surface area contributed by atoms with E-state index in [0.717, 1.165) is 17.4 Å². The summed E-state index contributed by atoms with van der Waals surface area (Å²) in [6.07, 6.45) is 3.15. The molecule has 0 saturated heterocycles. The number of hydrogen-bond donors (Lipinski definition) is 0. The van der Waals surface area contributed by atoms with Crippen LogP contribution in [-0.2, 0) is 13.0 Å². The number of allylic oxidation sites excluding steroid dienone is 1. The van der Waals surface area contributed by atoms with E-state index in [1.807, 2.05) is 18.2 Å². The van der Waals surface area contributed by atoms with Crippen molar-refractivity contribution in [3.05, 3.63) is 75.8 Å². The maximum atomic E-state index is 11.0. The summed E-state index contributed by atoms with van der Waals surface area (Å²) in [6.45, 7) is 4.01. The van der Waals surface area contributed by atoms with Crippen molar-refractivity contribution in [2.45, 2.75) is 13.0 Å². The van der Waals surface area contributed by atoms with Gasteiger partial charge in [0.1, 0.15) is 18.6 Å². The smallest absolute Gasteiger partial charge is 0.150 e. The average Bonchev–Trinajstić information content (AvgIpc) is 2.54. The van der Waals surface area contributed by atoms with Gasteiger partial charge in [-0.1, -0.05) is 24.3 Å². The minimum atomic E-state index is 0.285. The molecule has 0 heterocycles. The summed E-state index contributed by atoms with van der Waals surface area (Å²) in [4.78, 5) is 11.0. The Morgan fingerprint density at radius 1 is 1.27 bits per heavy atom. The quantitative estimate of drug-likeness (QED) is 0.568. The zero-order valence-electron chi connectivity index (χ0n) is 11.9. The van der Waals surface area contributed by atoms with E-state index in [9.17, 15) is 4.79 Å². The molecule has 0 bridgehead atoms. The van der Waals surface area contributed by atoms with Gasteiger partial charge in [0, 0.05) is 11.1 Å². The molecule has 0 aromatic heterocycles. The van der Waals surface area contributed by atoms with Crippen LogP contribution in [0.5, 0.6) is 5.75 Å². The van der Waals surface area contributed by atoms with Gasteiger partial charge in [0.05, 0.1) is 16.1 Å². The molecule has 0 aliphatic carbocycles. The van der Waals surface area contributed by atoms with E-state index >= 15 is 0 Å². The molecule has 0 radical (unpaired) electrons. The highest BCUT2D eigenvalue weighted by Crippen LogP contribution is 2.32. The van der Waals surface area contributed by atoms with Crippen molar-refractivity contribution in [1.82, 2.24) is 0 Å². The fourth-order valence-corrected chi connectivity index (χ4v) is 2.75. The molecule has 0 fully saturated rings. The molecule has 0 aliphatic rings. The molecule has 2 aromatic carbocycles. The Hall–Kier alpha value is -2.38. The molecule has 0 spiro atoms. The van der Waals surface area contributed by atoms with Crippen LogP contribution >= 0.6 is 15.9 Å². The van der Waals surface area contributed by atoms with Crippen LogP contribution in [0.15, 0.2) is 53.5 Å². The summed E-state index contributed by atoms with van der Waals surface area (Å²) in [7, 11) is 0. The maximum Gasteiger partial charge on any atom is 0.150 e. The van der Waals surface area contributed by atoms with Crippen LogP contribution in [0.1, 0.15) is 27.0 Å². The third-order valence-corrected chi connectivity index (χ3v) is 3.74. The van der Waals surface area contributed by atoms with E-state index in [4.69, 9.17) is 10.00 Å². The first-order valence-corrected chi connectivity index (χ1v) is 7.48. The molecule has 4 heteroatoms. The lowest BCUT2D eigenvalue weighted by molar-refractivity contribution is 0.112. The minimum Gasteiger partial charge on any atom is -0.487 e. The third-order valence-electron chi connectivity index (χ3n) is 3.15. The van der Waals surface area contributed by atoms with Gasteiger partial charge in [-0.05, 0) is 46.1 Å². The van der Waals surface area contributed by atoms with Crippen molar-refractivity contribution in [2.75, 3.05) is 0 Å². The summed E-state index contributed by atoms with van der Waals surface area (Å²) in [5.74, 6) is 0.665.